The van der Waals surface area contributed by atoms with Crippen molar-refractivity contribution in [1.82, 2.24) is 34.7 Å². The molecular weight excluding hydrogens is 789 g/mol. The lowest BCUT2D eigenvalue weighted by molar-refractivity contribution is -0.134. The monoisotopic (exact) mass is 844 g/mol. The Morgan fingerprint density at radius 2 is 1.60 bits per heavy atom. The van der Waals surface area contributed by atoms with Gasteiger partial charge in [-0.2, -0.15) is 5.10 Å². The van der Waals surface area contributed by atoms with Gasteiger partial charge < -0.3 is 35.8 Å². The number of nitrogens with two attached hydrogens (primary N) is 1. The number of rotatable bonds is 14. The first-order valence-corrected chi connectivity index (χ1v) is 21.8. The van der Waals surface area contributed by atoms with Crippen molar-refractivity contribution in [3.63, 3.8) is 0 Å². The van der Waals surface area contributed by atoms with Crippen LogP contribution in [-0.4, -0.2) is 137 Å². The van der Waals surface area contributed by atoms with Crippen LogP contribution < -0.4 is 26.4 Å². The zero-order valence-electron chi connectivity index (χ0n) is 35.3. The zero-order valence-corrected chi connectivity index (χ0v) is 35.3. The number of carbonyl (C=O) groups excluding carboxylic acids is 5. The Bertz CT molecular complexity index is 2250. The fourth-order valence-corrected chi connectivity index (χ4v) is 9.01. The van der Waals surface area contributed by atoms with Crippen molar-refractivity contribution >= 4 is 41.0 Å². The van der Waals surface area contributed by atoms with E-state index in [1.54, 1.807) is 18.2 Å². The lowest BCUT2D eigenvalue weighted by Crippen LogP contribution is -2.50. The molecule has 4 aliphatic heterocycles. The number of benzene rings is 3. The van der Waals surface area contributed by atoms with Crippen molar-refractivity contribution in [3.05, 3.63) is 90.0 Å². The van der Waals surface area contributed by atoms with Gasteiger partial charge in [0.1, 0.15) is 34.6 Å². The number of primary amides is 1. The molecule has 3 saturated heterocycles. The van der Waals surface area contributed by atoms with Gasteiger partial charge in [-0.15, -0.1) is 0 Å². The maximum Gasteiger partial charge on any atom is 0.254 e. The van der Waals surface area contributed by atoms with Gasteiger partial charge >= 0.3 is 0 Å². The fourth-order valence-electron chi connectivity index (χ4n) is 9.01. The average Bonchev–Trinajstić information content (AvgIpc) is 3.70. The van der Waals surface area contributed by atoms with Crippen LogP contribution in [-0.2, 0) is 14.4 Å². The number of nitrogens with one attached hydrogen (secondary N) is 3. The molecule has 326 valence electrons. The van der Waals surface area contributed by atoms with Crippen LogP contribution >= 0.6 is 0 Å². The highest BCUT2D eigenvalue weighted by Gasteiger charge is 2.36. The number of fused-ring (bicyclic) bond motifs is 1. The number of para-hydroxylation sites is 1. The maximum atomic E-state index is 13.4. The Morgan fingerprint density at radius 1 is 0.855 bits per heavy atom. The summed E-state index contributed by atoms with van der Waals surface area (Å²) in [5.74, 6) is 1.37. The number of anilines is 2. The number of likely N-dealkylation sites (tertiary alicyclic amines) is 1. The minimum atomic E-state index is -0.526. The van der Waals surface area contributed by atoms with E-state index >= 15 is 0 Å². The molecule has 16 heteroatoms. The quantitative estimate of drug-likeness (QED) is 0.134. The van der Waals surface area contributed by atoms with Crippen molar-refractivity contribution in [3.8, 4) is 22.8 Å². The van der Waals surface area contributed by atoms with E-state index < -0.39 is 11.9 Å². The minimum Gasteiger partial charge on any atom is -0.457 e. The standard InChI is InChI=1S/C46H56N10O6/c1-52(24-25-53-26-28-55(29-27-53)46(61)33-6-5-7-34(30-33)49-37-14-15-39(57)50-45(37)60)21-19-40(58)54-22-17-31(18-23-54)38-16-20-48-44-41(43(47)59)42(51-56(38)44)32-10-12-36(13-11-32)62-35-8-3-2-4-9-35/h2-13,30-31,37-38,48-49H,14-29H2,1H3,(H2,47,59)(H,50,57,60)/t37?,38-/m0/s1. The summed E-state index contributed by atoms with van der Waals surface area (Å²) in [6.45, 7) is 7.20. The summed E-state index contributed by atoms with van der Waals surface area (Å²) in [4.78, 5) is 71.7. The summed E-state index contributed by atoms with van der Waals surface area (Å²) in [5.41, 5.74) is 8.91. The molecular formula is C46H56N10O6. The molecule has 4 aromatic rings. The van der Waals surface area contributed by atoms with Crippen LogP contribution in [0.4, 0.5) is 11.5 Å². The molecule has 3 aromatic carbocycles. The van der Waals surface area contributed by atoms with E-state index in [0.717, 1.165) is 56.8 Å². The Morgan fingerprint density at radius 3 is 2.32 bits per heavy atom. The second-order valence-corrected chi connectivity index (χ2v) is 16.7. The van der Waals surface area contributed by atoms with Gasteiger partial charge in [0, 0.05) is 95.1 Å². The summed E-state index contributed by atoms with van der Waals surface area (Å²) in [7, 11) is 2.05. The molecule has 0 saturated carbocycles. The second kappa shape index (κ2) is 19.2. The van der Waals surface area contributed by atoms with Crippen molar-refractivity contribution in [2.75, 3.05) is 83.1 Å². The molecule has 0 aliphatic carbocycles. The molecule has 1 aromatic heterocycles. The third-order valence-electron chi connectivity index (χ3n) is 12.6. The molecule has 5 heterocycles. The number of aromatic nitrogens is 2. The molecule has 0 bridgehead atoms. The highest BCUT2D eigenvalue weighted by molar-refractivity contribution is 6.04. The van der Waals surface area contributed by atoms with Crippen molar-refractivity contribution < 1.29 is 28.7 Å². The number of likely N-dealkylation sites (N-methyl/N-ethyl adjacent to an activating group) is 1. The summed E-state index contributed by atoms with van der Waals surface area (Å²) in [6.07, 6.45) is 3.74. The van der Waals surface area contributed by atoms with E-state index in [0.29, 0.717) is 92.1 Å². The predicted molar refractivity (Wildman–Crippen MR) is 235 cm³/mol. The number of ether oxygens (including phenoxy) is 1. The Hall–Kier alpha value is -6.26. The second-order valence-electron chi connectivity index (χ2n) is 16.7. The summed E-state index contributed by atoms with van der Waals surface area (Å²) >= 11 is 0. The molecule has 62 heavy (non-hydrogen) atoms. The molecule has 0 radical (unpaired) electrons. The third-order valence-corrected chi connectivity index (χ3v) is 12.6. The van der Waals surface area contributed by atoms with Gasteiger partial charge in [0.2, 0.25) is 17.7 Å². The van der Waals surface area contributed by atoms with Gasteiger partial charge in [0.25, 0.3) is 11.8 Å². The van der Waals surface area contributed by atoms with E-state index in [1.165, 1.54) is 0 Å². The predicted octanol–water partition coefficient (Wildman–Crippen LogP) is 4.03. The number of carbonyl (C=O) groups is 5. The van der Waals surface area contributed by atoms with Crippen molar-refractivity contribution in [2.24, 2.45) is 11.7 Å². The van der Waals surface area contributed by atoms with E-state index in [-0.39, 0.29) is 36.1 Å². The Labute approximate surface area is 361 Å². The minimum absolute atomic E-state index is 0.0442. The number of imide groups is 1. The summed E-state index contributed by atoms with van der Waals surface area (Å²) in [5, 5.41) is 13.9. The largest absolute Gasteiger partial charge is 0.457 e. The number of amides is 5. The van der Waals surface area contributed by atoms with Crippen LogP contribution in [0, 0.1) is 5.92 Å². The first-order valence-electron chi connectivity index (χ1n) is 21.8. The number of piperazine rings is 1. The maximum absolute atomic E-state index is 13.4. The lowest BCUT2D eigenvalue weighted by atomic mass is 9.86. The lowest BCUT2D eigenvalue weighted by Gasteiger charge is -2.38. The van der Waals surface area contributed by atoms with Gasteiger partial charge in [-0.3, -0.25) is 34.2 Å². The van der Waals surface area contributed by atoms with Gasteiger partial charge in [0.15, 0.2) is 0 Å². The molecule has 8 rings (SSSR count). The van der Waals surface area contributed by atoms with Gasteiger partial charge in [-0.25, -0.2) is 4.68 Å². The number of piperidine rings is 2. The molecule has 16 nitrogen and oxygen atoms in total. The summed E-state index contributed by atoms with van der Waals surface area (Å²) in [6, 6.07) is 23.8. The highest BCUT2D eigenvalue weighted by atomic mass is 16.5. The summed E-state index contributed by atoms with van der Waals surface area (Å²) < 4.78 is 7.93. The Balaban J connectivity index is 0.767. The molecule has 5 N–H and O–H groups in total. The van der Waals surface area contributed by atoms with Crippen LogP contribution in [0.3, 0.4) is 0 Å². The van der Waals surface area contributed by atoms with Gasteiger partial charge in [-0.05, 0) is 93.2 Å². The fraction of sp³-hybridized carbons (Fsp3) is 0.435. The van der Waals surface area contributed by atoms with Crippen molar-refractivity contribution in [2.45, 2.75) is 50.6 Å². The van der Waals surface area contributed by atoms with Crippen LogP contribution in [0.5, 0.6) is 11.5 Å². The zero-order chi connectivity index (χ0) is 43.2. The van der Waals surface area contributed by atoms with Crippen LogP contribution in [0.15, 0.2) is 78.9 Å². The Kier molecular flexibility index (Phi) is 13.1. The number of hydrogen-bond acceptors (Lipinski definition) is 11. The van der Waals surface area contributed by atoms with Gasteiger partial charge in [-0.1, -0.05) is 24.3 Å². The normalized spacial score (nSPS) is 19.7. The van der Waals surface area contributed by atoms with Crippen molar-refractivity contribution in [1.29, 1.82) is 0 Å². The average molecular weight is 845 g/mol. The smallest absolute Gasteiger partial charge is 0.254 e. The van der Waals surface area contributed by atoms with Gasteiger partial charge in [0.05, 0.1) is 6.04 Å². The van der Waals surface area contributed by atoms with Crippen LogP contribution in [0.2, 0.25) is 0 Å². The van der Waals surface area contributed by atoms with Crippen LogP contribution in [0.1, 0.15) is 65.3 Å². The highest BCUT2D eigenvalue weighted by Crippen LogP contribution is 2.40. The SMILES string of the molecule is CN(CCC(=O)N1CCC([C@@H]2CCNc3c(C(N)=O)c(-c4ccc(Oc5ccccc5)cc4)nn32)CC1)CCN1CCN(C(=O)c2cccc(NC3CCC(=O)NC3=O)c2)CC1. The first-order chi connectivity index (χ1) is 30.1. The molecule has 4 aliphatic rings. The molecule has 1 unspecified atom stereocenters. The molecule has 0 spiro atoms. The number of nitrogens with zero attached hydrogens (tertiary/aromatic N) is 6. The van der Waals surface area contributed by atoms with E-state index in [1.807, 2.05) is 75.1 Å². The molecule has 5 amide bonds. The van der Waals surface area contributed by atoms with E-state index in [2.05, 4.69) is 32.8 Å². The molecule has 3 fully saturated rings. The number of hydrogen-bond donors (Lipinski definition) is 4. The topological polar surface area (TPSA) is 187 Å². The third kappa shape index (κ3) is 9.92. The van der Waals surface area contributed by atoms with Crippen LogP contribution in [0.25, 0.3) is 11.3 Å². The molecule has 2 atom stereocenters. The van der Waals surface area contributed by atoms with E-state index in [9.17, 15) is 24.0 Å². The first kappa shape index (κ1) is 42.4. The van der Waals surface area contributed by atoms with E-state index in [4.69, 9.17) is 15.6 Å².